The predicted molar refractivity (Wildman–Crippen MR) is 90.9 cm³/mol. The Morgan fingerprint density at radius 1 is 1.25 bits per heavy atom. The molecule has 3 rings (SSSR count). The fourth-order valence-corrected chi connectivity index (χ4v) is 2.97. The van der Waals surface area contributed by atoms with E-state index in [9.17, 15) is 9.59 Å². The molecule has 0 aliphatic rings. The lowest BCUT2D eigenvalue weighted by molar-refractivity contribution is 0.103. The van der Waals surface area contributed by atoms with Gasteiger partial charge >= 0.3 is 0 Å². The summed E-state index contributed by atoms with van der Waals surface area (Å²) in [5, 5.41) is 7.05. The molecular formula is C16H13Cl2N3O3. The summed E-state index contributed by atoms with van der Waals surface area (Å²) in [7, 11) is 1.53. The molecule has 6 nitrogen and oxygen atoms in total. The lowest BCUT2D eigenvalue weighted by atomic mass is 9.96. The molecule has 24 heavy (non-hydrogen) atoms. The fraction of sp³-hybridized carbons (Fsp3) is 0.188. The summed E-state index contributed by atoms with van der Waals surface area (Å²) in [6.07, 6.45) is 0. The van der Waals surface area contributed by atoms with Gasteiger partial charge in [0.15, 0.2) is 5.76 Å². The first kappa shape index (κ1) is 16.5. The first-order valence-electron chi connectivity index (χ1n) is 7.02. The number of ketones is 1. The summed E-state index contributed by atoms with van der Waals surface area (Å²) in [4.78, 5) is 24.3. The zero-order chi connectivity index (χ0) is 17.6. The van der Waals surface area contributed by atoms with Crippen molar-refractivity contribution < 1.29 is 9.32 Å². The van der Waals surface area contributed by atoms with Crippen molar-refractivity contribution in [3.05, 3.63) is 61.1 Å². The van der Waals surface area contributed by atoms with Crippen LogP contribution >= 0.6 is 23.2 Å². The molecule has 0 aliphatic carbocycles. The Balaban J connectivity index is 2.21. The highest BCUT2D eigenvalue weighted by atomic mass is 35.5. The van der Waals surface area contributed by atoms with Crippen molar-refractivity contribution >= 4 is 29.0 Å². The van der Waals surface area contributed by atoms with Gasteiger partial charge in [-0.05, 0) is 25.5 Å². The van der Waals surface area contributed by atoms with Crippen LogP contribution in [0.15, 0.2) is 27.5 Å². The minimum absolute atomic E-state index is 0.170. The molecule has 0 atom stereocenters. The quantitative estimate of drug-likeness (QED) is 0.719. The molecular weight excluding hydrogens is 353 g/mol. The Morgan fingerprint density at radius 2 is 1.96 bits per heavy atom. The highest BCUT2D eigenvalue weighted by Gasteiger charge is 2.23. The van der Waals surface area contributed by atoms with E-state index < -0.39 is 0 Å². The number of hydrogen-bond acceptors (Lipinski definition) is 4. The molecule has 0 fully saturated rings. The molecule has 0 spiro atoms. The second-order valence-corrected chi connectivity index (χ2v) is 6.23. The van der Waals surface area contributed by atoms with Crippen LogP contribution in [0, 0.1) is 13.8 Å². The molecule has 0 aliphatic heterocycles. The van der Waals surface area contributed by atoms with Crippen LogP contribution in [0.5, 0.6) is 0 Å². The number of rotatable bonds is 3. The highest BCUT2D eigenvalue weighted by molar-refractivity contribution is 6.44. The number of nitrogens with one attached hydrogen (secondary N) is 1. The molecule has 0 amide bonds. The van der Waals surface area contributed by atoms with E-state index >= 15 is 0 Å². The minimum atomic E-state index is -0.360. The largest absolute Gasteiger partial charge is 0.356 e. The summed E-state index contributed by atoms with van der Waals surface area (Å²) < 4.78 is 6.49. The number of H-pyrrole nitrogens is 1. The molecule has 0 saturated carbocycles. The van der Waals surface area contributed by atoms with Gasteiger partial charge in [0, 0.05) is 30.3 Å². The molecule has 2 aromatic heterocycles. The maximum atomic E-state index is 12.8. The average molecular weight is 366 g/mol. The fourth-order valence-electron chi connectivity index (χ4n) is 2.48. The number of aromatic nitrogens is 3. The Bertz CT molecular complexity index is 1010. The molecule has 2 heterocycles. The minimum Gasteiger partial charge on any atom is -0.356 e. The van der Waals surface area contributed by atoms with E-state index in [1.165, 1.54) is 23.9 Å². The van der Waals surface area contributed by atoms with Crippen LogP contribution in [-0.4, -0.2) is 20.7 Å². The molecule has 0 radical (unpaired) electrons. The monoisotopic (exact) mass is 365 g/mol. The standard InChI is InChI=1S/C16H13Cl2N3O3/c1-7-4-12(24-20-7)14-8(2)9(5-10(17)15(14)18)16(23)11-6-13(22)21(3)19-11/h4-6,19H,1-3H3. The Morgan fingerprint density at radius 3 is 2.50 bits per heavy atom. The maximum absolute atomic E-state index is 12.8. The van der Waals surface area contributed by atoms with Gasteiger partial charge in [-0.2, -0.15) is 0 Å². The van der Waals surface area contributed by atoms with Crippen molar-refractivity contribution in [3.63, 3.8) is 0 Å². The molecule has 0 bridgehead atoms. The first-order chi connectivity index (χ1) is 11.3. The third-order valence-corrected chi connectivity index (χ3v) is 4.52. The van der Waals surface area contributed by atoms with E-state index in [-0.39, 0.29) is 27.1 Å². The Labute approximate surface area is 147 Å². The number of nitrogens with zero attached hydrogens (tertiary/aromatic N) is 2. The van der Waals surface area contributed by atoms with E-state index in [4.69, 9.17) is 27.7 Å². The van der Waals surface area contributed by atoms with Crippen molar-refractivity contribution in [2.75, 3.05) is 0 Å². The number of carbonyl (C=O) groups excluding carboxylic acids is 1. The number of aryl methyl sites for hydroxylation is 2. The van der Waals surface area contributed by atoms with E-state index in [1.54, 1.807) is 19.9 Å². The average Bonchev–Trinajstić information content (AvgIpc) is 3.09. The summed E-state index contributed by atoms with van der Waals surface area (Å²) in [6, 6.07) is 4.44. The molecule has 1 N–H and O–H groups in total. The second kappa shape index (κ2) is 5.96. The van der Waals surface area contributed by atoms with Gasteiger partial charge in [-0.3, -0.25) is 19.4 Å². The molecule has 8 heteroatoms. The van der Waals surface area contributed by atoms with Crippen LogP contribution in [-0.2, 0) is 7.05 Å². The van der Waals surface area contributed by atoms with Crippen LogP contribution in [0.25, 0.3) is 11.3 Å². The van der Waals surface area contributed by atoms with Gasteiger partial charge in [0.2, 0.25) is 5.78 Å². The van der Waals surface area contributed by atoms with Crippen LogP contribution in [0.3, 0.4) is 0 Å². The number of benzene rings is 1. The summed E-state index contributed by atoms with van der Waals surface area (Å²) >= 11 is 12.5. The van der Waals surface area contributed by atoms with Gasteiger partial charge in [-0.25, -0.2) is 0 Å². The SMILES string of the molecule is Cc1cc(-c2c(C)c(C(=O)c3cc(=O)n(C)[nH]3)cc(Cl)c2Cl)on1. The maximum Gasteiger partial charge on any atom is 0.266 e. The van der Waals surface area contributed by atoms with E-state index in [0.29, 0.717) is 28.1 Å². The topological polar surface area (TPSA) is 80.9 Å². The van der Waals surface area contributed by atoms with Crippen molar-refractivity contribution in [2.45, 2.75) is 13.8 Å². The molecule has 3 aromatic rings. The lowest BCUT2D eigenvalue weighted by Gasteiger charge is -2.12. The number of halogens is 2. The second-order valence-electron chi connectivity index (χ2n) is 5.45. The van der Waals surface area contributed by atoms with Crippen molar-refractivity contribution in [1.82, 2.24) is 14.9 Å². The number of hydrogen-bond donors (Lipinski definition) is 1. The first-order valence-corrected chi connectivity index (χ1v) is 7.78. The van der Waals surface area contributed by atoms with Gasteiger partial charge in [0.1, 0.15) is 5.69 Å². The van der Waals surface area contributed by atoms with Crippen LogP contribution in [0.4, 0.5) is 0 Å². The highest BCUT2D eigenvalue weighted by Crippen LogP contribution is 2.39. The zero-order valence-electron chi connectivity index (χ0n) is 13.1. The van der Waals surface area contributed by atoms with Crippen LogP contribution < -0.4 is 5.56 Å². The van der Waals surface area contributed by atoms with Gasteiger partial charge in [0.05, 0.1) is 15.7 Å². The molecule has 1 aromatic carbocycles. The molecule has 124 valence electrons. The van der Waals surface area contributed by atoms with Gasteiger partial charge in [-0.15, -0.1) is 0 Å². The third kappa shape index (κ3) is 2.68. The molecule has 0 unspecified atom stereocenters. The van der Waals surface area contributed by atoms with Crippen molar-refractivity contribution in [1.29, 1.82) is 0 Å². The summed E-state index contributed by atoms with van der Waals surface area (Å²) in [5.74, 6) is 0.0642. The van der Waals surface area contributed by atoms with Crippen molar-refractivity contribution in [2.24, 2.45) is 7.05 Å². The number of carbonyl (C=O) groups is 1. The lowest BCUT2D eigenvalue weighted by Crippen LogP contribution is -2.10. The van der Waals surface area contributed by atoms with Gasteiger partial charge in [0.25, 0.3) is 5.56 Å². The molecule has 0 saturated heterocycles. The van der Waals surface area contributed by atoms with E-state index in [2.05, 4.69) is 10.3 Å². The van der Waals surface area contributed by atoms with Crippen LogP contribution in [0.1, 0.15) is 27.3 Å². The van der Waals surface area contributed by atoms with E-state index in [0.717, 1.165) is 0 Å². The summed E-state index contributed by atoms with van der Waals surface area (Å²) in [6.45, 7) is 3.52. The Kier molecular flexibility index (Phi) is 4.11. The third-order valence-electron chi connectivity index (χ3n) is 3.73. The van der Waals surface area contributed by atoms with Crippen molar-refractivity contribution in [3.8, 4) is 11.3 Å². The number of aromatic amines is 1. The normalized spacial score (nSPS) is 11.0. The van der Waals surface area contributed by atoms with E-state index in [1.807, 2.05) is 0 Å². The Hall–Kier alpha value is -2.31. The smallest absolute Gasteiger partial charge is 0.266 e. The van der Waals surface area contributed by atoms with Crippen LogP contribution in [0.2, 0.25) is 10.0 Å². The zero-order valence-corrected chi connectivity index (χ0v) is 14.6. The van der Waals surface area contributed by atoms with Gasteiger partial charge < -0.3 is 4.52 Å². The predicted octanol–water partition coefficient (Wildman–Crippen LogP) is 3.52. The van der Waals surface area contributed by atoms with Gasteiger partial charge in [-0.1, -0.05) is 28.4 Å². The summed E-state index contributed by atoms with van der Waals surface area (Å²) in [5.41, 5.74) is 1.98.